The van der Waals surface area contributed by atoms with E-state index in [1.807, 2.05) is 12.1 Å². The fourth-order valence-corrected chi connectivity index (χ4v) is 3.16. The van der Waals surface area contributed by atoms with Gasteiger partial charge < -0.3 is 5.32 Å². The van der Waals surface area contributed by atoms with E-state index in [2.05, 4.69) is 10.3 Å². The molecular formula is C16H9Cl3N2OS. The highest BCUT2D eigenvalue weighted by Crippen LogP contribution is 2.32. The van der Waals surface area contributed by atoms with Crippen LogP contribution in [0.15, 0.2) is 52.4 Å². The van der Waals surface area contributed by atoms with Gasteiger partial charge in [0.15, 0.2) is 5.17 Å². The zero-order valence-electron chi connectivity index (χ0n) is 11.5. The van der Waals surface area contributed by atoms with Gasteiger partial charge in [-0.3, -0.25) is 4.79 Å². The summed E-state index contributed by atoms with van der Waals surface area (Å²) in [5.74, 6) is -0.207. The Kier molecular flexibility index (Phi) is 4.97. The molecule has 1 N–H and O–H groups in total. The van der Waals surface area contributed by atoms with Gasteiger partial charge in [0.1, 0.15) is 0 Å². The summed E-state index contributed by atoms with van der Waals surface area (Å²) in [4.78, 5) is 16.9. The zero-order valence-corrected chi connectivity index (χ0v) is 14.6. The molecule has 0 bridgehead atoms. The lowest BCUT2D eigenvalue weighted by Crippen LogP contribution is -2.19. The molecule has 0 spiro atoms. The minimum absolute atomic E-state index is 0.207. The standard InChI is InChI=1S/C16H9Cl3N2OS/c17-10-3-1-9(2-4-10)7-14-15(22)21-16(23-14)20-13-8-11(18)5-6-12(13)19/h1-8H,(H,20,21,22)/b14-7+. The Hall–Kier alpha value is -1.46. The molecule has 0 unspecified atom stereocenters. The van der Waals surface area contributed by atoms with Crippen LogP contribution in [-0.4, -0.2) is 11.1 Å². The molecule has 0 aliphatic carbocycles. The van der Waals surface area contributed by atoms with Crippen LogP contribution >= 0.6 is 46.6 Å². The van der Waals surface area contributed by atoms with Gasteiger partial charge in [0.25, 0.3) is 5.91 Å². The van der Waals surface area contributed by atoms with E-state index in [0.29, 0.717) is 30.8 Å². The van der Waals surface area contributed by atoms with Crippen molar-refractivity contribution in [2.75, 3.05) is 0 Å². The molecule has 1 saturated heterocycles. The third-order valence-electron chi connectivity index (χ3n) is 2.95. The average molecular weight is 384 g/mol. The van der Waals surface area contributed by atoms with Crippen molar-refractivity contribution in [3.05, 3.63) is 68.0 Å². The van der Waals surface area contributed by atoms with E-state index >= 15 is 0 Å². The molecule has 1 fully saturated rings. The molecule has 2 aromatic rings. The van der Waals surface area contributed by atoms with Gasteiger partial charge in [0.2, 0.25) is 0 Å². The Morgan fingerprint density at radius 1 is 1.00 bits per heavy atom. The Morgan fingerprint density at radius 2 is 1.70 bits per heavy atom. The summed E-state index contributed by atoms with van der Waals surface area (Å²) < 4.78 is 0. The monoisotopic (exact) mass is 382 g/mol. The molecule has 0 saturated carbocycles. The fourth-order valence-electron chi connectivity index (χ4n) is 1.87. The van der Waals surface area contributed by atoms with Crippen molar-refractivity contribution in [2.45, 2.75) is 0 Å². The normalized spacial score (nSPS) is 17.8. The lowest BCUT2D eigenvalue weighted by atomic mass is 10.2. The third kappa shape index (κ3) is 4.09. The number of hydrogen-bond acceptors (Lipinski definition) is 3. The summed E-state index contributed by atoms with van der Waals surface area (Å²) >= 11 is 19.1. The smallest absolute Gasteiger partial charge is 0.264 e. The highest BCUT2D eigenvalue weighted by atomic mass is 35.5. The van der Waals surface area contributed by atoms with E-state index in [4.69, 9.17) is 34.8 Å². The Labute approximate surface area is 152 Å². The molecule has 2 aromatic carbocycles. The molecule has 3 rings (SSSR count). The summed E-state index contributed by atoms with van der Waals surface area (Å²) in [5, 5.41) is 4.81. The summed E-state index contributed by atoms with van der Waals surface area (Å²) in [7, 11) is 0. The number of thioether (sulfide) groups is 1. The third-order valence-corrected chi connectivity index (χ3v) is 4.67. The SMILES string of the molecule is O=C1NC(=Nc2cc(Cl)ccc2Cl)S/C1=C/c1ccc(Cl)cc1. The quantitative estimate of drug-likeness (QED) is 0.692. The molecule has 0 atom stereocenters. The lowest BCUT2D eigenvalue weighted by Gasteiger charge is -2.00. The maximum absolute atomic E-state index is 12.0. The molecule has 1 aliphatic heterocycles. The number of benzene rings is 2. The van der Waals surface area contributed by atoms with Crippen molar-refractivity contribution in [1.29, 1.82) is 0 Å². The second kappa shape index (κ2) is 6.97. The van der Waals surface area contributed by atoms with Crippen LogP contribution in [0.4, 0.5) is 5.69 Å². The first kappa shape index (κ1) is 16.4. The van der Waals surface area contributed by atoms with Gasteiger partial charge in [0, 0.05) is 10.0 Å². The number of rotatable bonds is 2. The van der Waals surface area contributed by atoms with E-state index in [0.717, 1.165) is 5.56 Å². The number of carbonyl (C=O) groups is 1. The molecule has 116 valence electrons. The van der Waals surface area contributed by atoms with Crippen molar-refractivity contribution >= 4 is 69.4 Å². The van der Waals surface area contributed by atoms with E-state index in [1.54, 1.807) is 36.4 Å². The van der Waals surface area contributed by atoms with Crippen LogP contribution in [0.3, 0.4) is 0 Å². The first-order valence-corrected chi connectivity index (χ1v) is 8.46. The topological polar surface area (TPSA) is 41.5 Å². The minimum Gasteiger partial charge on any atom is -0.300 e. The number of amides is 1. The van der Waals surface area contributed by atoms with Crippen molar-refractivity contribution < 1.29 is 4.79 Å². The number of nitrogens with one attached hydrogen (secondary N) is 1. The summed E-state index contributed by atoms with van der Waals surface area (Å²) in [6, 6.07) is 12.2. The van der Waals surface area contributed by atoms with Gasteiger partial charge in [-0.05, 0) is 53.7 Å². The summed E-state index contributed by atoms with van der Waals surface area (Å²) in [6.07, 6.45) is 1.78. The molecule has 1 aliphatic rings. The molecule has 1 amide bonds. The van der Waals surface area contributed by atoms with Crippen molar-refractivity contribution in [3.8, 4) is 0 Å². The zero-order chi connectivity index (χ0) is 16.4. The number of aliphatic imine (C=N–C) groups is 1. The molecule has 0 aromatic heterocycles. The van der Waals surface area contributed by atoms with Gasteiger partial charge in [-0.25, -0.2) is 4.99 Å². The molecule has 23 heavy (non-hydrogen) atoms. The lowest BCUT2D eigenvalue weighted by molar-refractivity contribution is -0.115. The van der Waals surface area contributed by atoms with Gasteiger partial charge in [-0.15, -0.1) is 0 Å². The van der Waals surface area contributed by atoms with Crippen molar-refractivity contribution in [2.24, 2.45) is 4.99 Å². The largest absolute Gasteiger partial charge is 0.300 e. The predicted molar refractivity (Wildman–Crippen MR) is 98.7 cm³/mol. The molecule has 0 radical (unpaired) electrons. The van der Waals surface area contributed by atoms with Gasteiger partial charge in [-0.1, -0.05) is 46.9 Å². The first-order valence-electron chi connectivity index (χ1n) is 6.51. The summed E-state index contributed by atoms with van der Waals surface area (Å²) in [5.41, 5.74) is 1.39. The van der Waals surface area contributed by atoms with E-state index in [1.165, 1.54) is 11.8 Å². The molecule has 7 heteroatoms. The second-order valence-corrected chi connectivity index (χ2v) is 6.94. The maximum atomic E-state index is 12.0. The fraction of sp³-hybridized carbons (Fsp3) is 0. The van der Waals surface area contributed by atoms with Crippen LogP contribution in [0.25, 0.3) is 6.08 Å². The number of amidine groups is 1. The van der Waals surface area contributed by atoms with Gasteiger partial charge in [0.05, 0.1) is 15.6 Å². The number of halogens is 3. The maximum Gasteiger partial charge on any atom is 0.264 e. The molecule has 3 nitrogen and oxygen atoms in total. The van der Waals surface area contributed by atoms with Gasteiger partial charge >= 0.3 is 0 Å². The van der Waals surface area contributed by atoms with E-state index in [9.17, 15) is 4.79 Å². The number of carbonyl (C=O) groups excluding carboxylic acids is 1. The average Bonchev–Trinajstić information content (AvgIpc) is 2.85. The van der Waals surface area contributed by atoms with E-state index < -0.39 is 0 Å². The van der Waals surface area contributed by atoms with Crippen LogP contribution in [0.5, 0.6) is 0 Å². The predicted octanol–water partition coefficient (Wildman–Crippen LogP) is 5.54. The van der Waals surface area contributed by atoms with Crippen LogP contribution < -0.4 is 5.32 Å². The minimum atomic E-state index is -0.207. The molecular weight excluding hydrogens is 375 g/mol. The first-order chi connectivity index (χ1) is 11.0. The van der Waals surface area contributed by atoms with Crippen LogP contribution in [0.2, 0.25) is 15.1 Å². The van der Waals surface area contributed by atoms with Gasteiger partial charge in [-0.2, -0.15) is 0 Å². The Balaban J connectivity index is 1.86. The Bertz CT molecular complexity index is 832. The molecule has 1 heterocycles. The number of hydrogen-bond donors (Lipinski definition) is 1. The van der Waals surface area contributed by atoms with Crippen LogP contribution in [0, 0.1) is 0 Å². The second-order valence-electron chi connectivity index (χ2n) is 4.63. The van der Waals surface area contributed by atoms with E-state index in [-0.39, 0.29) is 5.91 Å². The van der Waals surface area contributed by atoms with Crippen LogP contribution in [0.1, 0.15) is 5.56 Å². The summed E-state index contributed by atoms with van der Waals surface area (Å²) in [6.45, 7) is 0. The Morgan fingerprint density at radius 3 is 2.43 bits per heavy atom. The highest BCUT2D eigenvalue weighted by molar-refractivity contribution is 8.18. The highest BCUT2D eigenvalue weighted by Gasteiger charge is 2.24. The van der Waals surface area contributed by atoms with Crippen molar-refractivity contribution in [1.82, 2.24) is 5.32 Å². The van der Waals surface area contributed by atoms with Crippen molar-refractivity contribution in [3.63, 3.8) is 0 Å². The van der Waals surface area contributed by atoms with Crippen LogP contribution in [-0.2, 0) is 4.79 Å². The number of nitrogens with zero attached hydrogens (tertiary/aromatic N) is 1.